The SMILES string of the molecule is COc1ccc(C(=O)N(C)C2CCN(C(C)C)CC2)c(OC)c1. The van der Waals surface area contributed by atoms with Crippen molar-refractivity contribution in [1.82, 2.24) is 9.80 Å². The summed E-state index contributed by atoms with van der Waals surface area (Å²) in [4.78, 5) is 17.2. The van der Waals surface area contributed by atoms with Gasteiger partial charge in [0.05, 0.1) is 19.8 Å². The molecule has 1 aliphatic heterocycles. The minimum Gasteiger partial charge on any atom is -0.497 e. The predicted molar refractivity (Wildman–Crippen MR) is 91.4 cm³/mol. The van der Waals surface area contributed by atoms with Crippen LogP contribution in [0.1, 0.15) is 37.0 Å². The monoisotopic (exact) mass is 320 g/mol. The lowest BCUT2D eigenvalue weighted by molar-refractivity contribution is 0.0612. The first-order chi connectivity index (χ1) is 11.0. The third-order valence-corrected chi connectivity index (χ3v) is 4.74. The number of benzene rings is 1. The van der Waals surface area contributed by atoms with Gasteiger partial charge in [-0.15, -0.1) is 0 Å². The molecule has 0 saturated carbocycles. The lowest BCUT2D eigenvalue weighted by Gasteiger charge is -2.38. The fraction of sp³-hybridized carbons (Fsp3) is 0.611. The number of likely N-dealkylation sites (tertiary alicyclic amines) is 1. The van der Waals surface area contributed by atoms with Crippen LogP contribution in [-0.4, -0.2) is 62.1 Å². The van der Waals surface area contributed by atoms with Gasteiger partial charge in [-0.1, -0.05) is 0 Å². The summed E-state index contributed by atoms with van der Waals surface area (Å²) in [5.41, 5.74) is 0.585. The molecule has 0 bridgehead atoms. The largest absolute Gasteiger partial charge is 0.497 e. The zero-order chi connectivity index (χ0) is 17.0. The number of hydrogen-bond donors (Lipinski definition) is 0. The van der Waals surface area contributed by atoms with Crippen LogP contribution in [0.3, 0.4) is 0 Å². The third-order valence-electron chi connectivity index (χ3n) is 4.74. The molecule has 1 heterocycles. The van der Waals surface area contributed by atoms with E-state index >= 15 is 0 Å². The number of hydrogen-bond acceptors (Lipinski definition) is 4. The number of carbonyl (C=O) groups excluding carboxylic acids is 1. The van der Waals surface area contributed by atoms with E-state index in [4.69, 9.17) is 9.47 Å². The summed E-state index contributed by atoms with van der Waals surface area (Å²) in [5.74, 6) is 1.25. The van der Waals surface area contributed by atoms with Gasteiger partial charge < -0.3 is 19.3 Å². The molecular weight excluding hydrogens is 292 g/mol. The van der Waals surface area contributed by atoms with E-state index in [0.29, 0.717) is 23.1 Å². The highest BCUT2D eigenvalue weighted by Crippen LogP contribution is 2.27. The van der Waals surface area contributed by atoms with Crippen LogP contribution in [0.5, 0.6) is 11.5 Å². The molecule has 0 aromatic heterocycles. The van der Waals surface area contributed by atoms with E-state index in [2.05, 4.69) is 18.7 Å². The van der Waals surface area contributed by atoms with Gasteiger partial charge in [0, 0.05) is 38.3 Å². The van der Waals surface area contributed by atoms with Crippen molar-refractivity contribution in [3.63, 3.8) is 0 Å². The van der Waals surface area contributed by atoms with Crippen molar-refractivity contribution in [2.24, 2.45) is 0 Å². The Hall–Kier alpha value is -1.75. The van der Waals surface area contributed by atoms with Gasteiger partial charge in [0.25, 0.3) is 5.91 Å². The van der Waals surface area contributed by atoms with E-state index in [0.717, 1.165) is 25.9 Å². The summed E-state index contributed by atoms with van der Waals surface area (Å²) >= 11 is 0. The summed E-state index contributed by atoms with van der Waals surface area (Å²) in [7, 11) is 5.07. The molecule has 0 radical (unpaired) electrons. The van der Waals surface area contributed by atoms with Crippen LogP contribution in [0, 0.1) is 0 Å². The zero-order valence-corrected chi connectivity index (χ0v) is 14.8. The van der Waals surface area contributed by atoms with Gasteiger partial charge in [-0.05, 0) is 38.8 Å². The first-order valence-corrected chi connectivity index (χ1v) is 8.21. The smallest absolute Gasteiger partial charge is 0.257 e. The molecule has 0 atom stereocenters. The second kappa shape index (κ2) is 7.68. The first kappa shape index (κ1) is 17.6. The number of carbonyl (C=O) groups is 1. The molecule has 0 N–H and O–H groups in total. The molecule has 1 aromatic rings. The molecule has 23 heavy (non-hydrogen) atoms. The van der Waals surface area contributed by atoms with E-state index in [1.807, 2.05) is 11.9 Å². The van der Waals surface area contributed by atoms with Crippen LogP contribution in [0.25, 0.3) is 0 Å². The van der Waals surface area contributed by atoms with Gasteiger partial charge in [-0.3, -0.25) is 4.79 Å². The van der Waals surface area contributed by atoms with E-state index in [1.165, 1.54) is 0 Å². The number of ether oxygens (including phenoxy) is 2. The van der Waals surface area contributed by atoms with Gasteiger partial charge in [0.1, 0.15) is 11.5 Å². The topological polar surface area (TPSA) is 42.0 Å². The van der Waals surface area contributed by atoms with Crippen molar-refractivity contribution < 1.29 is 14.3 Å². The van der Waals surface area contributed by atoms with Crippen molar-refractivity contribution in [3.8, 4) is 11.5 Å². The van der Waals surface area contributed by atoms with Crippen molar-refractivity contribution in [3.05, 3.63) is 23.8 Å². The van der Waals surface area contributed by atoms with Crippen LogP contribution in [-0.2, 0) is 0 Å². The maximum Gasteiger partial charge on any atom is 0.257 e. The molecule has 0 unspecified atom stereocenters. The van der Waals surface area contributed by atoms with Crippen LogP contribution < -0.4 is 9.47 Å². The highest BCUT2D eigenvalue weighted by atomic mass is 16.5. The Bertz CT molecular complexity index is 537. The highest BCUT2D eigenvalue weighted by molar-refractivity contribution is 5.97. The molecule has 5 heteroatoms. The fourth-order valence-electron chi connectivity index (χ4n) is 3.12. The lowest BCUT2D eigenvalue weighted by Crippen LogP contribution is -2.47. The van der Waals surface area contributed by atoms with Gasteiger partial charge in [-0.25, -0.2) is 0 Å². The number of methoxy groups -OCH3 is 2. The van der Waals surface area contributed by atoms with Crippen LogP contribution in [0.15, 0.2) is 18.2 Å². The number of nitrogens with zero attached hydrogens (tertiary/aromatic N) is 2. The number of rotatable bonds is 5. The van der Waals surface area contributed by atoms with Crippen molar-refractivity contribution in [2.45, 2.75) is 38.8 Å². The summed E-state index contributed by atoms with van der Waals surface area (Å²) in [6.07, 6.45) is 2.03. The first-order valence-electron chi connectivity index (χ1n) is 8.21. The van der Waals surface area contributed by atoms with Gasteiger partial charge in [0.15, 0.2) is 0 Å². The molecular formula is C18H28N2O3. The summed E-state index contributed by atoms with van der Waals surface area (Å²) < 4.78 is 10.6. The molecule has 0 spiro atoms. The fourth-order valence-corrected chi connectivity index (χ4v) is 3.12. The van der Waals surface area contributed by atoms with Gasteiger partial charge in [-0.2, -0.15) is 0 Å². The van der Waals surface area contributed by atoms with Crippen LogP contribution in [0.2, 0.25) is 0 Å². The molecule has 1 amide bonds. The Morgan fingerprint density at radius 1 is 1.22 bits per heavy atom. The Labute approximate surface area is 139 Å². The van der Waals surface area contributed by atoms with Crippen molar-refractivity contribution in [1.29, 1.82) is 0 Å². The molecule has 0 aliphatic carbocycles. The molecule has 1 aliphatic rings. The molecule has 1 aromatic carbocycles. The second-order valence-electron chi connectivity index (χ2n) is 6.34. The molecule has 1 saturated heterocycles. The van der Waals surface area contributed by atoms with E-state index in [-0.39, 0.29) is 11.9 Å². The minimum absolute atomic E-state index is 0.00694. The highest BCUT2D eigenvalue weighted by Gasteiger charge is 2.28. The van der Waals surface area contributed by atoms with Gasteiger partial charge >= 0.3 is 0 Å². The third kappa shape index (κ3) is 3.96. The van der Waals surface area contributed by atoms with E-state index in [9.17, 15) is 4.79 Å². The maximum absolute atomic E-state index is 12.8. The molecule has 128 valence electrons. The molecule has 2 rings (SSSR count). The molecule has 5 nitrogen and oxygen atoms in total. The zero-order valence-electron chi connectivity index (χ0n) is 14.8. The van der Waals surface area contributed by atoms with Crippen LogP contribution >= 0.6 is 0 Å². The average molecular weight is 320 g/mol. The standard InChI is InChI=1S/C18H28N2O3/c1-13(2)20-10-8-14(9-11-20)19(3)18(21)16-7-6-15(22-4)12-17(16)23-5/h6-7,12-14H,8-11H2,1-5H3. The number of amides is 1. The van der Waals surface area contributed by atoms with Gasteiger partial charge in [0.2, 0.25) is 0 Å². The Balaban J connectivity index is 2.08. The number of piperidine rings is 1. The van der Waals surface area contributed by atoms with E-state index < -0.39 is 0 Å². The maximum atomic E-state index is 12.8. The Morgan fingerprint density at radius 2 is 1.87 bits per heavy atom. The van der Waals surface area contributed by atoms with Crippen LogP contribution in [0.4, 0.5) is 0 Å². The lowest BCUT2D eigenvalue weighted by atomic mass is 10.0. The summed E-state index contributed by atoms with van der Waals surface area (Å²) in [5, 5.41) is 0. The predicted octanol–water partition coefficient (Wildman–Crippen LogP) is 2.65. The summed E-state index contributed by atoms with van der Waals surface area (Å²) in [6, 6.07) is 6.18. The quantitative estimate of drug-likeness (QED) is 0.836. The Kier molecular flexibility index (Phi) is 5.88. The normalized spacial score (nSPS) is 16.4. The van der Waals surface area contributed by atoms with Crippen molar-refractivity contribution >= 4 is 5.91 Å². The van der Waals surface area contributed by atoms with E-state index in [1.54, 1.807) is 32.4 Å². The average Bonchev–Trinajstić information content (AvgIpc) is 2.59. The van der Waals surface area contributed by atoms with Crippen molar-refractivity contribution in [2.75, 3.05) is 34.4 Å². The summed E-state index contributed by atoms with van der Waals surface area (Å²) in [6.45, 7) is 6.52. The Morgan fingerprint density at radius 3 is 2.39 bits per heavy atom. The second-order valence-corrected chi connectivity index (χ2v) is 6.34. The minimum atomic E-state index is 0.00694. The molecule has 1 fully saturated rings.